The second-order valence-corrected chi connectivity index (χ2v) is 6.94. The molecule has 0 aliphatic carbocycles. The standard InChI is InChI=1S/C24H17FN2O6/c1-31-22-13-16(8-11-21(22)32-14-15-6-9-17(10-7-15)27(29)30)12-20-24(28)33-23(26-20)18-4-2-3-5-19(18)25/h2-13H,14H2,1H3/b20-12-. The van der Waals surface area contributed by atoms with Gasteiger partial charge in [0.2, 0.25) is 5.90 Å². The third-order valence-electron chi connectivity index (χ3n) is 4.76. The number of nitrogens with zero attached hydrogens (tertiary/aromatic N) is 2. The molecule has 0 aromatic heterocycles. The van der Waals surface area contributed by atoms with Crippen LogP contribution in [0.15, 0.2) is 77.4 Å². The van der Waals surface area contributed by atoms with E-state index < -0.39 is 16.7 Å². The molecule has 0 saturated carbocycles. The molecule has 3 aromatic rings. The van der Waals surface area contributed by atoms with Crippen LogP contribution in [0.2, 0.25) is 0 Å². The van der Waals surface area contributed by atoms with Crippen molar-refractivity contribution in [2.45, 2.75) is 6.61 Å². The number of nitro groups is 1. The normalized spacial score (nSPS) is 14.1. The Morgan fingerprint density at radius 1 is 1.09 bits per heavy atom. The van der Waals surface area contributed by atoms with E-state index in [1.54, 1.807) is 36.4 Å². The number of aliphatic imine (C=N–C) groups is 1. The van der Waals surface area contributed by atoms with Gasteiger partial charge in [-0.05, 0) is 53.6 Å². The minimum Gasteiger partial charge on any atom is -0.493 e. The van der Waals surface area contributed by atoms with E-state index in [4.69, 9.17) is 14.2 Å². The van der Waals surface area contributed by atoms with E-state index in [2.05, 4.69) is 4.99 Å². The van der Waals surface area contributed by atoms with E-state index >= 15 is 0 Å². The number of methoxy groups -OCH3 is 1. The van der Waals surface area contributed by atoms with Crippen LogP contribution in [0.25, 0.3) is 6.08 Å². The lowest BCUT2D eigenvalue weighted by atomic mass is 10.1. The average Bonchev–Trinajstić information content (AvgIpc) is 3.18. The molecule has 1 aliphatic rings. The molecule has 8 nitrogen and oxygen atoms in total. The average molecular weight is 448 g/mol. The number of hydrogen-bond donors (Lipinski definition) is 0. The molecule has 0 N–H and O–H groups in total. The van der Waals surface area contributed by atoms with Crippen molar-refractivity contribution in [2.24, 2.45) is 4.99 Å². The molecule has 166 valence electrons. The van der Waals surface area contributed by atoms with Gasteiger partial charge in [-0.1, -0.05) is 18.2 Å². The largest absolute Gasteiger partial charge is 0.493 e. The van der Waals surface area contributed by atoms with Crippen LogP contribution in [0.3, 0.4) is 0 Å². The fourth-order valence-corrected chi connectivity index (χ4v) is 3.09. The van der Waals surface area contributed by atoms with Crippen molar-refractivity contribution in [3.05, 3.63) is 105 Å². The van der Waals surface area contributed by atoms with E-state index in [0.717, 1.165) is 5.56 Å². The smallest absolute Gasteiger partial charge is 0.363 e. The molecule has 0 unspecified atom stereocenters. The minimum atomic E-state index is -0.689. The Balaban J connectivity index is 1.51. The number of cyclic esters (lactones) is 1. The molecule has 0 fully saturated rings. The zero-order valence-corrected chi connectivity index (χ0v) is 17.4. The van der Waals surface area contributed by atoms with Gasteiger partial charge in [0, 0.05) is 12.1 Å². The number of carbonyl (C=O) groups is 1. The molecule has 1 heterocycles. The van der Waals surface area contributed by atoms with Crippen LogP contribution in [-0.4, -0.2) is 23.9 Å². The maximum absolute atomic E-state index is 14.0. The molecule has 9 heteroatoms. The lowest BCUT2D eigenvalue weighted by molar-refractivity contribution is -0.384. The summed E-state index contributed by atoms with van der Waals surface area (Å²) in [7, 11) is 1.48. The molecular formula is C24H17FN2O6. The Bertz CT molecular complexity index is 1280. The summed E-state index contributed by atoms with van der Waals surface area (Å²) in [6.07, 6.45) is 1.50. The van der Waals surface area contributed by atoms with Crippen molar-refractivity contribution < 1.29 is 28.3 Å². The highest BCUT2D eigenvalue weighted by Gasteiger charge is 2.26. The van der Waals surface area contributed by atoms with Gasteiger partial charge in [0.1, 0.15) is 12.4 Å². The van der Waals surface area contributed by atoms with Gasteiger partial charge in [-0.3, -0.25) is 10.1 Å². The summed E-state index contributed by atoms with van der Waals surface area (Å²) in [5.74, 6) is -0.468. The third-order valence-corrected chi connectivity index (χ3v) is 4.76. The Kier molecular flexibility index (Phi) is 6.12. The molecule has 0 atom stereocenters. The van der Waals surface area contributed by atoms with Crippen LogP contribution in [-0.2, 0) is 16.1 Å². The van der Waals surface area contributed by atoms with E-state index in [1.165, 1.54) is 43.5 Å². The van der Waals surface area contributed by atoms with Gasteiger partial charge >= 0.3 is 5.97 Å². The lowest BCUT2D eigenvalue weighted by Gasteiger charge is -2.11. The monoisotopic (exact) mass is 448 g/mol. The molecule has 3 aromatic carbocycles. The number of ether oxygens (including phenoxy) is 3. The van der Waals surface area contributed by atoms with Crippen molar-refractivity contribution in [1.29, 1.82) is 0 Å². The van der Waals surface area contributed by atoms with Gasteiger partial charge in [0.25, 0.3) is 5.69 Å². The second-order valence-electron chi connectivity index (χ2n) is 6.94. The van der Waals surface area contributed by atoms with Crippen LogP contribution in [0.5, 0.6) is 11.5 Å². The number of hydrogen-bond acceptors (Lipinski definition) is 7. The molecule has 0 bridgehead atoms. The van der Waals surface area contributed by atoms with Crippen molar-refractivity contribution in [1.82, 2.24) is 0 Å². The van der Waals surface area contributed by atoms with Crippen molar-refractivity contribution in [3.63, 3.8) is 0 Å². The maximum Gasteiger partial charge on any atom is 0.363 e. The first-order valence-electron chi connectivity index (χ1n) is 9.76. The van der Waals surface area contributed by atoms with Gasteiger partial charge in [-0.25, -0.2) is 14.2 Å². The number of halogens is 1. The predicted octanol–water partition coefficient (Wildman–Crippen LogP) is 4.67. The summed E-state index contributed by atoms with van der Waals surface area (Å²) >= 11 is 0. The molecule has 0 amide bonds. The molecule has 33 heavy (non-hydrogen) atoms. The summed E-state index contributed by atoms with van der Waals surface area (Å²) in [4.78, 5) is 26.6. The Morgan fingerprint density at radius 2 is 1.85 bits per heavy atom. The summed E-state index contributed by atoms with van der Waals surface area (Å²) in [6, 6.07) is 16.9. The van der Waals surface area contributed by atoms with Crippen molar-refractivity contribution >= 4 is 23.6 Å². The highest BCUT2D eigenvalue weighted by Crippen LogP contribution is 2.30. The minimum absolute atomic E-state index is 0.0000191. The highest BCUT2D eigenvalue weighted by molar-refractivity contribution is 6.12. The molecule has 0 spiro atoms. The van der Waals surface area contributed by atoms with Gasteiger partial charge in [0.05, 0.1) is 17.6 Å². The molecule has 0 saturated heterocycles. The van der Waals surface area contributed by atoms with Gasteiger partial charge in [0.15, 0.2) is 17.2 Å². The molecule has 4 rings (SSSR count). The summed E-state index contributed by atoms with van der Waals surface area (Å²) < 4.78 is 30.2. The van der Waals surface area contributed by atoms with Crippen LogP contribution in [0.4, 0.5) is 10.1 Å². The van der Waals surface area contributed by atoms with Crippen LogP contribution in [0, 0.1) is 15.9 Å². The molecule has 0 radical (unpaired) electrons. The quantitative estimate of drug-likeness (QED) is 0.225. The molecular weight excluding hydrogens is 431 g/mol. The summed E-state index contributed by atoms with van der Waals surface area (Å²) in [5.41, 5.74) is 1.47. The molecule has 1 aliphatic heterocycles. The number of non-ortho nitro benzene ring substituents is 1. The number of benzene rings is 3. The number of rotatable bonds is 7. The first kappa shape index (κ1) is 21.7. The van der Waals surface area contributed by atoms with Gasteiger partial charge < -0.3 is 14.2 Å². The Hall–Kier alpha value is -4.53. The topological polar surface area (TPSA) is 100 Å². The Labute approximate surface area is 187 Å². The maximum atomic E-state index is 14.0. The number of carbonyl (C=O) groups excluding carboxylic acids is 1. The van der Waals surface area contributed by atoms with E-state index in [0.29, 0.717) is 17.1 Å². The third kappa shape index (κ3) is 4.87. The van der Waals surface area contributed by atoms with E-state index in [9.17, 15) is 19.3 Å². The number of nitro benzene ring substituents is 1. The highest BCUT2D eigenvalue weighted by atomic mass is 19.1. The lowest BCUT2D eigenvalue weighted by Crippen LogP contribution is -2.07. The van der Waals surface area contributed by atoms with Crippen molar-refractivity contribution in [3.8, 4) is 11.5 Å². The fraction of sp³-hybridized carbons (Fsp3) is 0.0833. The zero-order chi connectivity index (χ0) is 23.4. The first-order chi connectivity index (χ1) is 15.9. The number of esters is 1. The second kappa shape index (κ2) is 9.31. The van der Waals surface area contributed by atoms with Crippen LogP contribution >= 0.6 is 0 Å². The predicted molar refractivity (Wildman–Crippen MR) is 117 cm³/mol. The first-order valence-corrected chi connectivity index (χ1v) is 9.76. The van der Waals surface area contributed by atoms with Crippen LogP contribution in [0.1, 0.15) is 16.7 Å². The van der Waals surface area contributed by atoms with Gasteiger partial charge in [-0.15, -0.1) is 0 Å². The SMILES string of the molecule is COc1cc(/C=C2\N=C(c3ccccc3F)OC2=O)ccc1OCc1ccc([N+](=O)[O-])cc1. The van der Waals surface area contributed by atoms with Crippen molar-refractivity contribution in [2.75, 3.05) is 7.11 Å². The Morgan fingerprint density at radius 3 is 2.55 bits per heavy atom. The van der Waals surface area contributed by atoms with Gasteiger partial charge in [-0.2, -0.15) is 0 Å². The summed E-state index contributed by atoms with van der Waals surface area (Å²) in [6.45, 7) is 0.178. The van der Waals surface area contributed by atoms with E-state index in [1.807, 2.05) is 0 Å². The summed E-state index contributed by atoms with van der Waals surface area (Å²) in [5, 5.41) is 10.8. The van der Waals surface area contributed by atoms with E-state index in [-0.39, 0.29) is 29.5 Å². The fourth-order valence-electron chi connectivity index (χ4n) is 3.09. The zero-order valence-electron chi connectivity index (χ0n) is 17.4. The van der Waals surface area contributed by atoms with Crippen LogP contribution < -0.4 is 9.47 Å².